The molecule has 0 bridgehead atoms. The van der Waals surface area contributed by atoms with Crippen molar-refractivity contribution in [1.82, 2.24) is 0 Å². The molecule has 0 spiro atoms. The van der Waals surface area contributed by atoms with E-state index < -0.39 is 11.9 Å². The first-order valence-electron chi connectivity index (χ1n) is 8.91. The SMILES string of the molecule is CCOC(=O)c1ccccc1NC(=O)C1CC(=O)N(c2ccc(C#N)cc2)C1. The molecule has 1 heterocycles. The first kappa shape index (κ1) is 19.1. The first-order valence-corrected chi connectivity index (χ1v) is 8.91. The highest BCUT2D eigenvalue weighted by molar-refractivity contribution is 6.06. The van der Waals surface area contributed by atoms with Crippen molar-refractivity contribution >= 4 is 29.2 Å². The van der Waals surface area contributed by atoms with Crippen molar-refractivity contribution in [2.75, 3.05) is 23.4 Å². The molecule has 7 heteroatoms. The number of ether oxygens (including phenoxy) is 1. The van der Waals surface area contributed by atoms with Gasteiger partial charge in [0.25, 0.3) is 0 Å². The molecule has 7 nitrogen and oxygen atoms in total. The number of rotatable bonds is 5. The van der Waals surface area contributed by atoms with Crippen LogP contribution in [0, 0.1) is 17.2 Å². The lowest BCUT2D eigenvalue weighted by Crippen LogP contribution is -2.28. The molecule has 2 aromatic rings. The number of benzene rings is 2. The Bertz CT molecular complexity index is 947. The van der Waals surface area contributed by atoms with Crippen LogP contribution in [0.5, 0.6) is 0 Å². The maximum atomic E-state index is 12.7. The molecule has 0 aromatic heterocycles. The number of esters is 1. The third kappa shape index (κ3) is 4.01. The predicted molar refractivity (Wildman–Crippen MR) is 103 cm³/mol. The molecule has 0 aliphatic carbocycles. The third-order valence-electron chi connectivity index (χ3n) is 4.48. The number of nitriles is 1. The summed E-state index contributed by atoms with van der Waals surface area (Å²) in [6, 6.07) is 15.3. The van der Waals surface area contributed by atoms with Crippen LogP contribution in [0.15, 0.2) is 48.5 Å². The van der Waals surface area contributed by atoms with Gasteiger partial charge in [0.2, 0.25) is 11.8 Å². The molecular formula is C21H19N3O4. The summed E-state index contributed by atoms with van der Waals surface area (Å²) in [4.78, 5) is 38.6. The van der Waals surface area contributed by atoms with Gasteiger partial charge >= 0.3 is 5.97 Å². The highest BCUT2D eigenvalue weighted by atomic mass is 16.5. The lowest BCUT2D eigenvalue weighted by Gasteiger charge is -2.17. The quantitative estimate of drug-likeness (QED) is 0.808. The number of amides is 2. The number of carbonyl (C=O) groups excluding carboxylic acids is 3. The highest BCUT2D eigenvalue weighted by Gasteiger charge is 2.35. The van der Waals surface area contributed by atoms with Gasteiger partial charge in [-0.15, -0.1) is 0 Å². The molecular weight excluding hydrogens is 358 g/mol. The van der Waals surface area contributed by atoms with E-state index in [0.717, 1.165) is 0 Å². The van der Waals surface area contributed by atoms with Gasteiger partial charge < -0.3 is 15.0 Å². The van der Waals surface area contributed by atoms with Gasteiger partial charge in [-0.05, 0) is 43.3 Å². The number of nitrogens with one attached hydrogen (secondary N) is 1. The molecule has 2 amide bonds. The topological polar surface area (TPSA) is 99.5 Å². The summed E-state index contributed by atoms with van der Waals surface area (Å²) in [5, 5.41) is 11.6. The van der Waals surface area contributed by atoms with E-state index >= 15 is 0 Å². The van der Waals surface area contributed by atoms with Crippen molar-refractivity contribution in [3.05, 3.63) is 59.7 Å². The monoisotopic (exact) mass is 377 g/mol. The zero-order valence-corrected chi connectivity index (χ0v) is 15.3. The second-order valence-electron chi connectivity index (χ2n) is 6.32. The molecule has 1 aliphatic rings. The Balaban J connectivity index is 1.72. The molecule has 3 rings (SSSR count). The van der Waals surface area contributed by atoms with Crippen LogP contribution in [0.1, 0.15) is 29.3 Å². The van der Waals surface area contributed by atoms with Crippen molar-refractivity contribution in [1.29, 1.82) is 5.26 Å². The summed E-state index contributed by atoms with van der Waals surface area (Å²) in [5.41, 5.74) is 1.77. The molecule has 1 N–H and O–H groups in total. The van der Waals surface area contributed by atoms with E-state index in [0.29, 0.717) is 16.9 Å². The third-order valence-corrected chi connectivity index (χ3v) is 4.48. The van der Waals surface area contributed by atoms with Crippen LogP contribution in [-0.2, 0) is 14.3 Å². The second kappa shape index (κ2) is 8.35. The summed E-state index contributed by atoms with van der Waals surface area (Å²) in [6.45, 7) is 2.18. The fourth-order valence-corrected chi connectivity index (χ4v) is 3.06. The van der Waals surface area contributed by atoms with Crippen LogP contribution in [0.2, 0.25) is 0 Å². The Hall–Kier alpha value is -3.66. The van der Waals surface area contributed by atoms with Crippen molar-refractivity contribution in [3.8, 4) is 6.07 Å². The van der Waals surface area contributed by atoms with Crippen molar-refractivity contribution in [3.63, 3.8) is 0 Å². The standard InChI is InChI=1S/C21H19N3O4/c1-2-28-21(27)17-5-3-4-6-18(17)23-20(26)15-11-19(25)24(13-15)16-9-7-14(12-22)8-10-16/h3-10,15H,2,11,13H2,1H3,(H,23,26). The Kier molecular flexibility index (Phi) is 5.70. The van der Waals surface area contributed by atoms with Gasteiger partial charge in [0.1, 0.15) is 0 Å². The largest absolute Gasteiger partial charge is 0.462 e. The van der Waals surface area contributed by atoms with Crippen LogP contribution in [0.3, 0.4) is 0 Å². The predicted octanol–water partition coefficient (Wildman–Crippen LogP) is 2.73. The van der Waals surface area contributed by atoms with E-state index in [-0.39, 0.29) is 37.0 Å². The maximum absolute atomic E-state index is 12.7. The normalized spacial score (nSPS) is 15.8. The molecule has 1 unspecified atom stereocenters. The van der Waals surface area contributed by atoms with Gasteiger partial charge in [0.15, 0.2) is 0 Å². The van der Waals surface area contributed by atoms with Crippen molar-refractivity contribution in [2.24, 2.45) is 5.92 Å². The Morgan fingerprint density at radius 3 is 2.61 bits per heavy atom. The molecule has 2 aromatic carbocycles. The summed E-state index contributed by atoms with van der Waals surface area (Å²) < 4.78 is 5.01. The number of anilines is 2. The zero-order valence-electron chi connectivity index (χ0n) is 15.3. The van der Waals surface area contributed by atoms with Crippen molar-refractivity contribution in [2.45, 2.75) is 13.3 Å². The molecule has 142 valence electrons. The Morgan fingerprint density at radius 2 is 1.93 bits per heavy atom. The van der Waals surface area contributed by atoms with Crippen LogP contribution >= 0.6 is 0 Å². The van der Waals surface area contributed by atoms with E-state index in [1.165, 1.54) is 4.90 Å². The lowest BCUT2D eigenvalue weighted by molar-refractivity contribution is -0.122. The molecule has 1 saturated heterocycles. The Morgan fingerprint density at radius 1 is 1.21 bits per heavy atom. The van der Waals surface area contributed by atoms with E-state index in [1.807, 2.05) is 6.07 Å². The fourth-order valence-electron chi connectivity index (χ4n) is 3.06. The molecule has 1 aliphatic heterocycles. The summed E-state index contributed by atoms with van der Waals surface area (Å²) in [5.74, 6) is -1.55. The summed E-state index contributed by atoms with van der Waals surface area (Å²) >= 11 is 0. The number of nitrogens with zero attached hydrogens (tertiary/aromatic N) is 2. The first-order chi connectivity index (χ1) is 13.5. The number of para-hydroxylation sites is 1. The number of hydrogen-bond acceptors (Lipinski definition) is 5. The van der Waals surface area contributed by atoms with Gasteiger partial charge in [0.05, 0.1) is 35.4 Å². The van der Waals surface area contributed by atoms with Crippen LogP contribution in [-0.4, -0.2) is 30.9 Å². The Labute approximate surface area is 162 Å². The lowest BCUT2D eigenvalue weighted by atomic mass is 10.1. The van der Waals surface area contributed by atoms with E-state index in [9.17, 15) is 14.4 Å². The van der Waals surface area contributed by atoms with E-state index in [2.05, 4.69) is 5.32 Å². The average Bonchev–Trinajstić information content (AvgIpc) is 3.10. The molecule has 0 saturated carbocycles. The van der Waals surface area contributed by atoms with Gasteiger partial charge in [-0.3, -0.25) is 9.59 Å². The fraction of sp³-hybridized carbons (Fsp3) is 0.238. The van der Waals surface area contributed by atoms with E-state index in [1.54, 1.807) is 55.5 Å². The highest BCUT2D eigenvalue weighted by Crippen LogP contribution is 2.27. The second-order valence-corrected chi connectivity index (χ2v) is 6.32. The van der Waals surface area contributed by atoms with Gasteiger partial charge in [0, 0.05) is 18.7 Å². The molecule has 1 fully saturated rings. The zero-order chi connectivity index (χ0) is 20.1. The number of carbonyl (C=O) groups is 3. The van der Waals surface area contributed by atoms with E-state index in [4.69, 9.17) is 10.00 Å². The molecule has 28 heavy (non-hydrogen) atoms. The van der Waals surface area contributed by atoms with Crippen LogP contribution < -0.4 is 10.2 Å². The maximum Gasteiger partial charge on any atom is 0.340 e. The van der Waals surface area contributed by atoms with Crippen LogP contribution in [0.4, 0.5) is 11.4 Å². The minimum atomic E-state index is -0.543. The van der Waals surface area contributed by atoms with Gasteiger partial charge in [-0.2, -0.15) is 5.26 Å². The van der Waals surface area contributed by atoms with Gasteiger partial charge in [-0.25, -0.2) is 4.79 Å². The molecule has 0 radical (unpaired) electrons. The average molecular weight is 377 g/mol. The minimum Gasteiger partial charge on any atom is -0.462 e. The summed E-state index contributed by atoms with van der Waals surface area (Å²) in [7, 11) is 0. The minimum absolute atomic E-state index is 0.0768. The van der Waals surface area contributed by atoms with Crippen LogP contribution in [0.25, 0.3) is 0 Å². The van der Waals surface area contributed by atoms with Gasteiger partial charge in [-0.1, -0.05) is 12.1 Å². The smallest absolute Gasteiger partial charge is 0.340 e. The number of hydrogen-bond donors (Lipinski definition) is 1. The van der Waals surface area contributed by atoms with Crippen molar-refractivity contribution < 1.29 is 19.1 Å². The summed E-state index contributed by atoms with van der Waals surface area (Å²) in [6.07, 6.45) is 0.0768. The molecule has 1 atom stereocenters.